The average molecular weight is 440 g/mol. The van der Waals surface area contributed by atoms with Crippen LogP contribution in [-0.4, -0.2) is 55.5 Å². The van der Waals surface area contributed by atoms with Gasteiger partial charge in [-0.2, -0.15) is 0 Å². The number of ether oxygens (including phenoxy) is 2. The van der Waals surface area contributed by atoms with Gasteiger partial charge in [0.1, 0.15) is 12.6 Å². The average Bonchev–Trinajstić information content (AvgIpc) is 3.12. The fourth-order valence-electron chi connectivity index (χ4n) is 3.77. The molecule has 0 saturated carbocycles. The standard InChI is InChI=1S/C24H28N2O6/c1-15(31-2)13-25-23(29)21(11-12-22(27)28)26-24(30)32-14-20-18-9-5-3-7-16(18)17-8-4-6-10-19(17)20/h3-10,15,20-21H,11-14H2,1-2H3,(H,25,29)(H,26,30)(H,27,28). The number of carbonyl (C=O) groups is 3. The molecule has 8 heteroatoms. The minimum atomic E-state index is -1.05. The lowest BCUT2D eigenvalue weighted by molar-refractivity contribution is -0.137. The highest BCUT2D eigenvalue weighted by atomic mass is 16.5. The molecule has 0 aromatic heterocycles. The van der Waals surface area contributed by atoms with Crippen LogP contribution in [0.2, 0.25) is 0 Å². The van der Waals surface area contributed by atoms with Crippen molar-refractivity contribution in [3.05, 3.63) is 59.7 Å². The van der Waals surface area contributed by atoms with E-state index in [2.05, 4.69) is 10.6 Å². The largest absolute Gasteiger partial charge is 0.481 e. The number of benzene rings is 2. The summed E-state index contributed by atoms with van der Waals surface area (Å²) in [4.78, 5) is 35.9. The van der Waals surface area contributed by atoms with Crippen LogP contribution < -0.4 is 10.6 Å². The molecule has 0 aliphatic heterocycles. The predicted octanol–water partition coefficient (Wildman–Crippen LogP) is 2.91. The molecular formula is C24H28N2O6. The number of methoxy groups -OCH3 is 1. The van der Waals surface area contributed by atoms with Crippen LogP contribution in [-0.2, 0) is 19.1 Å². The zero-order valence-corrected chi connectivity index (χ0v) is 18.2. The Labute approximate surface area is 186 Å². The molecule has 3 N–H and O–H groups in total. The lowest BCUT2D eigenvalue weighted by Crippen LogP contribution is -2.48. The van der Waals surface area contributed by atoms with Crippen molar-refractivity contribution in [2.45, 2.75) is 37.8 Å². The van der Waals surface area contributed by atoms with Crippen LogP contribution in [0.25, 0.3) is 11.1 Å². The van der Waals surface area contributed by atoms with Gasteiger partial charge in [0.15, 0.2) is 0 Å². The molecule has 0 heterocycles. The minimum absolute atomic E-state index is 0.0489. The molecule has 0 fully saturated rings. The highest BCUT2D eigenvalue weighted by Crippen LogP contribution is 2.44. The molecule has 1 aliphatic rings. The minimum Gasteiger partial charge on any atom is -0.481 e. The monoisotopic (exact) mass is 440 g/mol. The van der Waals surface area contributed by atoms with E-state index in [9.17, 15) is 14.4 Å². The van der Waals surface area contributed by atoms with Crippen LogP contribution in [0.15, 0.2) is 48.5 Å². The van der Waals surface area contributed by atoms with E-state index in [0.717, 1.165) is 22.3 Å². The number of rotatable bonds is 10. The first kappa shape index (κ1) is 23.3. The van der Waals surface area contributed by atoms with Gasteiger partial charge in [-0.25, -0.2) is 4.79 Å². The van der Waals surface area contributed by atoms with E-state index in [4.69, 9.17) is 14.6 Å². The summed E-state index contributed by atoms with van der Waals surface area (Å²) < 4.78 is 10.6. The lowest BCUT2D eigenvalue weighted by Gasteiger charge is -2.20. The number of nitrogens with one attached hydrogen (secondary N) is 2. The second kappa shape index (κ2) is 10.8. The number of hydrogen-bond acceptors (Lipinski definition) is 5. The molecule has 8 nitrogen and oxygen atoms in total. The Morgan fingerprint density at radius 2 is 1.62 bits per heavy atom. The van der Waals surface area contributed by atoms with Gasteiger partial charge in [-0.05, 0) is 35.6 Å². The number of alkyl carbamates (subject to hydrolysis) is 1. The summed E-state index contributed by atoms with van der Waals surface area (Å²) in [5.41, 5.74) is 4.39. The Hall–Kier alpha value is -3.39. The first-order chi connectivity index (χ1) is 15.4. The smallest absolute Gasteiger partial charge is 0.407 e. The SMILES string of the molecule is COC(C)CNC(=O)C(CCC(=O)O)NC(=O)OCC1c2ccccc2-c2ccccc21. The van der Waals surface area contributed by atoms with Gasteiger partial charge in [0.25, 0.3) is 0 Å². The Balaban J connectivity index is 1.63. The van der Waals surface area contributed by atoms with Crippen molar-refractivity contribution < 1.29 is 29.0 Å². The molecule has 170 valence electrons. The van der Waals surface area contributed by atoms with Crippen LogP contribution in [0.3, 0.4) is 0 Å². The van der Waals surface area contributed by atoms with E-state index < -0.39 is 24.0 Å². The number of amides is 2. The zero-order valence-electron chi connectivity index (χ0n) is 18.2. The third-order valence-electron chi connectivity index (χ3n) is 5.57. The molecule has 0 spiro atoms. The zero-order chi connectivity index (χ0) is 23.1. The van der Waals surface area contributed by atoms with E-state index in [-0.39, 0.29) is 38.0 Å². The van der Waals surface area contributed by atoms with Crippen LogP contribution in [0, 0.1) is 0 Å². The maximum Gasteiger partial charge on any atom is 0.407 e. The van der Waals surface area contributed by atoms with E-state index in [0.29, 0.717) is 0 Å². The van der Waals surface area contributed by atoms with Gasteiger partial charge in [-0.15, -0.1) is 0 Å². The second-order valence-electron chi connectivity index (χ2n) is 7.75. The van der Waals surface area contributed by atoms with Crippen molar-refractivity contribution in [3.8, 4) is 11.1 Å². The Bertz CT molecular complexity index is 931. The van der Waals surface area contributed by atoms with Gasteiger partial charge in [-0.3, -0.25) is 9.59 Å². The van der Waals surface area contributed by atoms with Crippen molar-refractivity contribution in [2.24, 2.45) is 0 Å². The van der Waals surface area contributed by atoms with Crippen molar-refractivity contribution in [1.82, 2.24) is 10.6 Å². The third-order valence-corrected chi connectivity index (χ3v) is 5.57. The van der Waals surface area contributed by atoms with Crippen LogP contribution in [0.1, 0.15) is 36.8 Å². The second-order valence-corrected chi connectivity index (χ2v) is 7.75. The van der Waals surface area contributed by atoms with Gasteiger partial charge in [0.2, 0.25) is 5.91 Å². The number of carboxylic acid groups (broad SMARTS) is 1. The molecule has 2 aromatic rings. The van der Waals surface area contributed by atoms with E-state index >= 15 is 0 Å². The fraction of sp³-hybridized carbons (Fsp3) is 0.375. The summed E-state index contributed by atoms with van der Waals surface area (Å²) in [7, 11) is 1.52. The molecule has 1 aliphatic carbocycles. The Kier molecular flexibility index (Phi) is 7.83. The van der Waals surface area contributed by atoms with Crippen molar-refractivity contribution in [2.75, 3.05) is 20.3 Å². The summed E-state index contributed by atoms with van der Waals surface area (Å²) >= 11 is 0. The molecular weight excluding hydrogens is 412 g/mol. The van der Waals surface area contributed by atoms with Crippen molar-refractivity contribution >= 4 is 18.0 Å². The van der Waals surface area contributed by atoms with E-state index in [1.165, 1.54) is 7.11 Å². The molecule has 0 saturated heterocycles. The summed E-state index contributed by atoms with van der Waals surface area (Å²) in [6.45, 7) is 2.13. The Morgan fingerprint density at radius 1 is 1.03 bits per heavy atom. The number of aliphatic carboxylic acids is 1. The Morgan fingerprint density at radius 3 is 2.19 bits per heavy atom. The molecule has 32 heavy (non-hydrogen) atoms. The molecule has 0 bridgehead atoms. The molecule has 3 rings (SSSR count). The first-order valence-electron chi connectivity index (χ1n) is 10.5. The van der Waals surface area contributed by atoms with E-state index in [1.807, 2.05) is 48.5 Å². The van der Waals surface area contributed by atoms with E-state index in [1.54, 1.807) is 6.92 Å². The van der Waals surface area contributed by atoms with Gasteiger partial charge < -0.3 is 25.2 Å². The quantitative estimate of drug-likeness (QED) is 0.524. The molecule has 2 atom stereocenters. The third kappa shape index (κ3) is 5.64. The molecule has 2 aromatic carbocycles. The highest BCUT2D eigenvalue weighted by Gasteiger charge is 2.30. The van der Waals surface area contributed by atoms with Gasteiger partial charge in [-0.1, -0.05) is 48.5 Å². The lowest BCUT2D eigenvalue weighted by atomic mass is 9.98. The summed E-state index contributed by atoms with van der Waals surface area (Å²) in [5.74, 6) is -1.65. The van der Waals surface area contributed by atoms with Crippen molar-refractivity contribution in [1.29, 1.82) is 0 Å². The molecule has 2 unspecified atom stereocenters. The van der Waals surface area contributed by atoms with Gasteiger partial charge >= 0.3 is 12.1 Å². The van der Waals surface area contributed by atoms with Gasteiger partial charge in [0, 0.05) is 26.0 Å². The normalized spacial score (nSPS) is 14.1. The van der Waals surface area contributed by atoms with Crippen molar-refractivity contribution in [3.63, 3.8) is 0 Å². The van der Waals surface area contributed by atoms with Crippen LogP contribution in [0.5, 0.6) is 0 Å². The van der Waals surface area contributed by atoms with Crippen LogP contribution >= 0.6 is 0 Å². The predicted molar refractivity (Wildman–Crippen MR) is 118 cm³/mol. The van der Waals surface area contributed by atoms with Gasteiger partial charge in [0.05, 0.1) is 6.10 Å². The topological polar surface area (TPSA) is 114 Å². The molecule has 2 amide bonds. The number of carbonyl (C=O) groups excluding carboxylic acids is 2. The number of hydrogen-bond donors (Lipinski definition) is 3. The fourth-order valence-corrected chi connectivity index (χ4v) is 3.77. The number of carboxylic acids is 1. The maximum atomic E-state index is 12.5. The van der Waals surface area contributed by atoms with Crippen LogP contribution in [0.4, 0.5) is 4.79 Å². The summed E-state index contributed by atoms with van der Waals surface area (Å²) in [6.07, 6.45) is -1.29. The number of fused-ring (bicyclic) bond motifs is 3. The molecule has 0 radical (unpaired) electrons. The first-order valence-corrected chi connectivity index (χ1v) is 10.5. The summed E-state index contributed by atoms with van der Waals surface area (Å²) in [5, 5.41) is 14.1. The highest BCUT2D eigenvalue weighted by molar-refractivity contribution is 5.86. The summed E-state index contributed by atoms with van der Waals surface area (Å²) in [6, 6.07) is 14.9. The maximum absolute atomic E-state index is 12.5.